The molecule has 1 amide bonds. The van der Waals surface area contributed by atoms with E-state index in [1.807, 2.05) is 25.1 Å². The Morgan fingerprint density at radius 1 is 1.42 bits per heavy atom. The van der Waals surface area contributed by atoms with E-state index in [-0.39, 0.29) is 5.91 Å². The first kappa shape index (κ1) is 12.1. The number of aromatic nitrogens is 2. The number of amides is 1. The first-order chi connectivity index (χ1) is 9.29. The Bertz CT molecular complexity index is 610. The van der Waals surface area contributed by atoms with Crippen molar-refractivity contribution in [1.82, 2.24) is 10.2 Å². The summed E-state index contributed by atoms with van der Waals surface area (Å²) in [5.74, 6) is -0.0633. The van der Waals surface area contributed by atoms with Crippen LogP contribution in [0.25, 0.3) is 0 Å². The Balaban J connectivity index is 1.85. The Labute approximate surface area is 115 Å². The standard InChI is InChI=1S/C13H14N4OS/c1-2-14-13-16-15-11(19-13)12(18)17-8-7-9-5-3-4-6-10(9)17/h3-6H,2,7-8H2,1H3,(H,14,16). The molecule has 2 aromatic rings. The minimum absolute atomic E-state index is 0.0633. The number of carbonyl (C=O) groups is 1. The van der Waals surface area contributed by atoms with Gasteiger partial charge in [0.2, 0.25) is 10.1 Å². The van der Waals surface area contributed by atoms with Gasteiger partial charge in [-0.05, 0) is 25.0 Å². The average Bonchev–Trinajstić information content (AvgIpc) is 3.05. The van der Waals surface area contributed by atoms with Crippen molar-refractivity contribution >= 4 is 28.1 Å². The van der Waals surface area contributed by atoms with Gasteiger partial charge in [-0.1, -0.05) is 29.5 Å². The van der Waals surface area contributed by atoms with Gasteiger partial charge in [-0.25, -0.2) is 0 Å². The highest BCUT2D eigenvalue weighted by molar-refractivity contribution is 7.17. The van der Waals surface area contributed by atoms with Crippen LogP contribution in [0, 0.1) is 0 Å². The van der Waals surface area contributed by atoms with Gasteiger partial charge in [0, 0.05) is 18.8 Å². The third kappa shape index (κ3) is 2.19. The van der Waals surface area contributed by atoms with Crippen LogP contribution in [0.15, 0.2) is 24.3 Å². The Morgan fingerprint density at radius 2 is 2.26 bits per heavy atom. The van der Waals surface area contributed by atoms with Gasteiger partial charge in [0.05, 0.1) is 0 Å². The molecule has 98 valence electrons. The average molecular weight is 274 g/mol. The number of rotatable bonds is 3. The lowest BCUT2D eigenvalue weighted by Gasteiger charge is -2.14. The Hall–Kier alpha value is -1.95. The number of anilines is 2. The number of carbonyl (C=O) groups excluding carboxylic acids is 1. The molecule has 0 bridgehead atoms. The molecular weight excluding hydrogens is 260 g/mol. The minimum atomic E-state index is -0.0633. The monoisotopic (exact) mass is 274 g/mol. The normalized spacial score (nSPS) is 13.4. The van der Waals surface area contributed by atoms with Crippen LogP contribution in [0.2, 0.25) is 0 Å². The summed E-state index contributed by atoms with van der Waals surface area (Å²) in [6, 6.07) is 7.99. The molecule has 0 saturated heterocycles. The second-order valence-electron chi connectivity index (χ2n) is 4.28. The van der Waals surface area contributed by atoms with Crippen molar-refractivity contribution in [2.75, 3.05) is 23.3 Å². The lowest BCUT2D eigenvalue weighted by Crippen LogP contribution is -2.28. The van der Waals surface area contributed by atoms with Gasteiger partial charge < -0.3 is 10.2 Å². The highest BCUT2D eigenvalue weighted by atomic mass is 32.1. The maximum atomic E-state index is 12.4. The molecule has 6 heteroatoms. The first-order valence-electron chi connectivity index (χ1n) is 6.26. The molecule has 0 saturated carbocycles. The minimum Gasteiger partial charge on any atom is -0.360 e. The number of nitrogens with one attached hydrogen (secondary N) is 1. The SMILES string of the molecule is CCNc1nnc(C(=O)N2CCc3ccccc32)s1. The molecule has 0 atom stereocenters. The van der Waals surface area contributed by atoms with Crippen LogP contribution < -0.4 is 10.2 Å². The fourth-order valence-electron chi connectivity index (χ4n) is 2.20. The Kier molecular flexibility index (Phi) is 3.16. The summed E-state index contributed by atoms with van der Waals surface area (Å²) in [5, 5.41) is 12.1. The quantitative estimate of drug-likeness (QED) is 0.932. The summed E-state index contributed by atoms with van der Waals surface area (Å²) in [6.45, 7) is 3.48. The van der Waals surface area contributed by atoms with E-state index in [9.17, 15) is 4.79 Å². The summed E-state index contributed by atoms with van der Waals surface area (Å²) in [5.41, 5.74) is 2.21. The number of fused-ring (bicyclic) bond motifs is 1. The predicted molar refractivity (Wildman–Crippen MR) is 75.9 cm³/mol. The fraction of sp³-hybridized carbons (Fsp3) is 0.308. The summed E-state index contributed by atoms with van der Waals surface area (Å²) in [6.07, 6.45) is 0.904. The molecule has 3 rings (SSSR count). The molecule has 5 nitrogen and oxygen atoms in total. The van der Waals surface area contributed by atoms with Gasteiger partial charge in [-0.2, -0.15) is 0 Å². The number of hydrogen-bond donors (Lipinski definition) is 1. The van der Waals surface area contributed by atoms with Crippen LogP contribution >= 0.6 is 11.3 Å². The zero-order valence-corrected chi connectivity index (χ0v) is 11.4. The molecule has 1 aromatic carbocycles. The van der Waals surface area contributed by atoms with Crippen LogP contribution in [0.4, 0.5) is 10.8 Å². The van der Waals surface area contributed by atoms with E-state index in [1.54, 1.807) is 4.90 Å². The molecular formula is C13H14N4OS. The van der Waals surface area contributed by atoms with E-state index in [2.05, 4.69) is 21.6 Å². The molecule has 19 heavy (non-hydrogen) atoms. The van der Waals surface area contributed by atoms with Crippen molar-refractivity contribution in [3.63, 3.8) is 0 Å². The first-order valence-corrected chi connectivity index (χ1v) is 7.08. The second kappa shape index (κ2) is 4.97. The predicted octanol–water partition coefficient (Wildman–Crippen LogP) is 2.17. The van der Waals surface area contributed by atoms with Crippen molar-refractivity contribution in [1.29, 1.82) is 0 Å². The van der Waals surface area contributed by atoms with Crippen molar-refractivity contribution < 1.29 is 4.79 Å². The summed E-state index contributed by atoms with van der Waals surface area (Å²) < 4.78 is 0. The van der Waals surface area contributed by atoms with Gasteiger partial charge in [0.1, 0.15) is 0 Å². The molecule has 0 aliphatic carbocycles. The number of hydrogen-bond acceptors (Lipinski definition) is 5. The van der Waals surface area contributed by atoms with Crippen molar-refractivity contribution in [3.8, 4) is 0 Å². The van der Waals surface area contributed by atoms with Gasteiger partial charge in [0.15, 0.2) is 0 Å². The third-order valence-corrected chi connectivity index (χ3v) is 3.94. The number of benzene rings is 1. The largest absolute Gasteiger partial charge is 0.360 e. The van der Waals surface area contributed by atoms with Crippen LogP contribution in [0.3, 0.4) is 0 Å². The maximum absolute atomic E-state index is 12.4. The van der Waals surface area contributed by atoms with Crippen molar-refractivity contribution in [3.05, 3.63) is 34.8 Å². The highest BCUT2D eigenvalue weighted by Gasteiger charge is 2.27. The van der Waals surface area contributed by atoms with Crippen LogP contribution in [0.1, 0.15) is 22.3 Å². The summed E-state index contributed by atoms with van der Waals surface area (Å²) >= 11 is 1.30. The zero-order chi connectivity index (χ0) is 13.2. The smallest absolute Gasteiger partial charge is 0.289 e. The maximum Gasteiger partial charge on any atom is 0.289 e. The summed E-state index contributed by atoms with van der Waals surface area (Å²) in [4.78, 5) is 14.2. The molecule has 1 aliphatic rings. The van der Waals surface area contributed by atoms with E-state index < -0.39 is 0 Å². The topological polar surface area (TPSA) is 58.1 Å². The fourth-order valence-corrected chi connectivity index (χ4v) is 2.96. The lowest BCUT2D eigenvalue weighted by molar-refractivity contribution is 0.0988. The molecule has 0 spiro atoms. The second-order valence-corrected chi connectivity index (χ2v) is 5.26. The molecule has 1 aromatic heterocycles. The van der Waals surface area contributed by atoms with Crippen LogP contribution in [0.5, 0.6) is 0 Å². The molecule has 0 radical (unpaired) electrons. The van der Waals surface area contributed by atoms with Gasteiger partial charge in [-0.3, -0.25) is 4.79 Å². The zero-order valence-electron chi connectivity index (χ0n) is 10.6. The molecule has 0 unspecified atom stereocenters. The van der Waals surface area contributed by atoms with Gasteiger partial charge in [0.25, 0.3) is 5.91 Å². The van der Waals surface area contributed by atoms with E-state index in [0.717, 1.165) is 18.7 Å². The third-order valence-electron chi connectivity index (χ3n) is 3.07. The molecule has 2 heterocycles. The van der Waals surface area contributed by atoms with E-state index >= 15 is 0 Å². The van der Waals surface area contributed by atoms with Crippen LogP contribution in [-0.4, -0.2) is 29.2 Å². The molecule has 1 N–H and O–H groups in total. The number of para-hydroxylation sites is 1. The van der Waals surface area contributed by atoms with E-state index in [4.69, 9.17) is 0 Å². The van der Waals surface area contributed by atoms with E-state index in [1.165, 1.54) is 16.9 Å². The van der Waals surface area contributed by atoms with Crippen LogP contribution in [-0.2, 0) is 6.42 Å². The number of nitrogens with zero attached hydrogens (tertiary/aromatic N) is 3. The lowest BCUT2D eigenvalue weighted by atomic mass is 10.2. The summed E-state index contributed by atoms with van der Waals surface area (Å²) in [7, 11) is 0. The van der Waals surface area contributed by atoms with Crippen molar-refractivity contribution in [2.45, 2.75) is 13.3 Å². The van der Waals surface area contributed by atoms with E-state index in [0.29, 0.717) is 16.7 Å². The molecule has 1 aliphatic heterocycles. The molecule has 0 fully saturated rings. The Morgan fingerprint density at radius 3 is 3.11 bits per heavy atom. The van der Waals surface area contributed by atoms with Gasteiger partial charge in [-0.15, -0.1) is 10.2 Å². The van der Waals surface area contributed by atoms with Gasteiger partial charge >= 0.3 is 0 Å². The highest BCUT2D eigenvalue weighted by Crippen LogP contribution is 2.29. The van der Waals surface area contributed by atoms with Crippen molar-refractivity contribution in [2.24, 2.45) is 0 Å².